The van der Waals surface area contributed by atoms with Gasteiger partial charge in [-0.2, -0.15) is 18.3 Å². The Balaban J connectivity index is 1.90. The molecule has 0 unspecified atom stereocenters. The summed E-state index contributed by atoms with van der Waals surface area (Å²) in [6.45, 7) is 5.19. The van der Waals surface area contributed by atoms with Crippen LogP contribution < -0.4 is 5.32 Å². The van der Waals surface area contributed by atoms with Gasteiger partial charge in [0.05, 0.1) is 18.5 Å². The van der Waals surface area contributed by atoms with E-state index < -0.39 is 29.3 Å². The zero-order chi connectivity index (χ0) is 22.8. The summed E-state index contributed by atoms with van der Waals surface area (Å²) >= 11 is 0. The maximum Gasteiger partial charge on any atom is 0.434 e. The number of anilines is 1. The van der Waals surface area contributed by atoms with Crippen molar-refractivity contribution >= 4 is 17.6 Å². The van der Waals surface area contributed by atoms with Crippen LogP contribution in [0.3, 0.4) is 0 Å². The van der Waals surface area contributed by atoms with Crippen LogP contribution in [0.4, 0.5) is 18.9 Å². The topological polar surface area (TPSA) is 73.2 Å². The number of rotatable bonds is 5. The van der Waals surface area contributed by atoms with Gasteiger partial charge in [0.1, 0.15) is 5.56 Å². The van der Waals surface area contributed by atoms with Crippen molar-refractivity contribution in [3.8, 4) is 5.69 Å². The number of esters is 1. The molecule has 1 amide bonds. The molecule has 162 valence electrons. The van der Waals surface area contributed by atoms with E-state index in [9.17, 15) is 22.8 Å². The fraction of sp³-hybridized carbons (Fsp3) is 0.227. The number of alkyl halides is 3. The molecule has 6 nitrogen and oxygen atoms in total. The highest BCUT2D eigenvalue weighted by Crippen LogP contribution is 2.34. The zero-order valence-electron chi connectivity index (χ0n) is 17.1. The Bertz CT molecular complexity index is 1120. The highest BCUT2D eigenvalue weighted by Gasteiger charge is 2.41. The molecule has 2 aromatic carbocycles. The third kappa shape index (κ3) is 4.76. The van der Waals surface area contributed by atoms with Crippen LogP contribution in [0.5, 0.6) is 0 Å². The van der Waals surface area contributed by atoms with Gasteiger partial charge in [0, 0.05) is 11.3 Å². The number of aromatic nitrogens is 2. The molecular weight excluding hydrogens is 411 g/mol. The Hall–Kier alpha value is -3.62. The highest BCUT2D eigenvalue weighted by molar-refractivity contribution is 6.04. The molecule has 0 saturated carbocycles. The molecule has 9 heteroatoms. The molecule has 0 aliphatic rings. The first-order valence-electron chi connectivity index (χ1n) is 9.43. The normalized spacial score (nSPS) is 11.3. The minimum atomic E-state index is -4.84. The van der Waals surface area contributed by atoms with Crippen molar-refractivity contribution in [3.63, 3.8) is 0 Å². The van der Waals surface area contributed by atoms with Crippen LogP contribution in [-0.2, 0) is 10.9 Å². The minimum absolute atomic E-state index is 0.0474. The lowest BCUT2D eigenvalue weighted by molar-refractivity contribution is -0.143. The molecule has 0 fully saturated rings. The molecule has 1 N–H and O–H groups in total. The zero-order valence-corrected chi connectivity index (χ0v) is 17.1. The van der Waals surface area contributed by atoms with Gasteiger partial charge in [-0.3, -0.25) is 4.79 Å². The molecule has 0 spiro atoms. The van der Waals surface area contributed by atoms with E-state index in [1.807, 2.05) is 32.0 Å². The summed E-state index contributed by atoms with van der Waals surface area (Å²) in [6, 6.07) is 11.1. The number of carbonyl (C=O) groups is 2. The number of carbonyl (C=O) groups excluding carboxylic acids is 2. The number of nitrogens with one attached hydrogen (secondary N) is 1. The predicted octanol–water partition coefficient (Wildman–Crippen LogP) is 4.94. The van der Waals surface area contributed by atoms with E-state index in [0.717, 1.165) is 17.3 Å². The van der Waals surface area contributed by atoms with Crippen molar-refractivity contribution in [2.45, 2.75) is 26.9 Å². The van der Waals surface area contributed by atoms with Crippen molar-refractivity contribution in [1.82, 2.24) is 9.78 Å². The lowest BCUT2D eigenvalue weighted by Crippen LogP contribution is -2.18. The van der Waals surface area contributed by atoms with E-state index in [1.54, 1.807) is 0 Å². The number of hydrogen-bond donors (Lipinski definition) is 1. The van der Waals surface area contributed by atoms with Crippen molar-refractivity contribution < 1.29 is 27.5 Å². The Labute approximate surface area is 176 Å². The van der Waals surface area contributed by atoms with Crippen LogP contribution in [0.25, 0.3) is 5.69 Å². The molecule has 0 atom stereocenters. The van der Waals surface area contributed by atoms with Gasteiger partial charge in [-0.15, -0.1) is 0 Å². The first kappa shape index (κ1) is 22.1. The largest absolute Gasteiger partial charge is 0.462 e. The van der Waals surface area contributed by atoms with E-state index in [1.165, 1.54) is 31.2 Å². The second-order valence-electron chi connectivity index (χ2n) is 6.86. The van der Waals surface area contributed by atoms with Crippen LogP contribution in [-0.4, -0.2) is 28.3 Å². The number of nitrogens with zero attached hydrogens (tertiary/aromatic N) is 2. The summed E-state index contributed by atoms with van der Waals surface area (Å²) in [6.07, 6.45) is -4.01. The summed E-state index contributed by atoms with van der Waals surface area (Å²) in [4.78, 5) is 24.4. The lowest BCUT2D eigenvalue weighted by atomic mass is 10.1. The summed E-state index contributed by atoms with van der Waals surface area (Å²) in [5.74, 6) is -1.51. The Kier molecular flexibility index (Phi) is 6.14. The molecule has 0 bridgehead atoms. The number of benzene rings is 2. The van der Waals surface area contributed by atoms with E-state index >= 15 is 0 Å². The first-order chi connectivity index (χ1) is 14.6. The van der Waals surface area contributed by atoms with E-state index in [0.29, 0.717) is 10.4 Å². The molecule has 0 aliphatic carbocycles. The smallest absolute Gasteiger partial charge is 0.434 e. The second-order valence-corrected chi connectivity index (χ2v) is 6.86. The molecule has 0 saturated heterocycles. The average Bonchev–Trinajstić information content (AvgIpc) is 3.17. The van der Waals surface area contributed by atoms with Crippen LogP contribution >= 0.6 is 0 Å². The molecule has 3 rings (SSSR count). The molecule has 1 aromatic heterocycles. The van der Waals surface area contributed by atoms with Crippen LogP contribution in [0, 0.1) is 13.8 Å². The van der Waals surface area contributed by atoms with Gasteiger partial charge in [0.15, 0.2) is 5.69 Å². The monoisotopic (exact) mass is 431 g/mol. The maximum absolute atomic E-state index is 13.6. The average molecular weight is 431 g/mol. The maximum atomic E-state index is 13.6. The van der Waals surface area contributed by atoms with Crippen molar-refractivity contribution in [2.24, 2.45) is 0 Å². The van der Waals surface area contributed by atoms with Crippen molar-refractivity contribution in [2.75, 3.05) is 11.9 Å². The molecule has 3 aromatic rings. The minimum Gasteiger partial charge on any atom is -0.462 e. The summed E-state index contributed by atoms with van der Waals surface area (Å²) in [7, 11) is 0. The van der Waals surface area contributed by atoms with Gasteiger partial charge in [0.25, 0.3) is 5.91 Å². The standard InChI is InChI=1S/C22H20F3N3O3/c1-4-31-21(30)17-12-26-28(19(17)22(23,24)25)16-9-7-15(8-10-16)20(29)27-18-11-13(2)5-6-14(18)3/h5-12H,4H2,1-3H3,(H,27,29). The fourth-order valence-electron chi connectivity index (χ4n) is 2.99. The van der Waals surface area contributed by atoms with Gasteiger partial charge in [-0.1, -0.05) is 12.1 Å². The fourth-order valence-corrected chi connectivity index (χ4v) is 2.99. The van der Waals surface area contributed by atoms with Gasteiger partial charge in [-0.25, -0.2) is 9.48 Å². The van der Waals surface area contributed by atoms with Crippen molar-refractivity contribution in [1.29, 1.82) is 0 Å². The Morgan fingerprint density at radius 3 is 2.39 bits per heavy atom. The Morgan fingerprint density at radius 1 is 1.10 bits per heavy atom. The number of hydrogen-bond acceptors (Lipinski definition) is 4. The summed E-state index contributed by atoms with van der Waals surface area (Å²) in [5.41, 5.74) is 0.909. The molecule has 0 aliphatic heterocycles. The number of halogens is 3. The quantitative estimate of drug-likeness (QED) is 0.581. The third-order valence-corrected chi connectivity index (χ3v) is 4.55. The van der Waals surface area contributed by atoms with Crippen LogP contribution in [0.2, 0.25) is 0 Å². The van der Waals surface area contributed by atoms with Gasteiger partial charge >= 0.3 is 12.1 Å². The predicted molar refractivity (Wildman–Crippen MR) is 108 cm³/mol. The molecule has 1 heterocycles. The third-order valence-electron chi connectivity index (χ3n) is 4.55. The molecule has 0 radical (unpaired) electrons. The van der Waals surface area contributed by atoms with E-state index in [4.69, 9.17) is 4.74 Å². The number of ether oxygens (including phenoxy) is 1. The Morgan fingerprint density at radius 2 is 1.77 bits per heavy atom. The lowest BCUT2D eigenvalue weighted by Gasteiger charge is -2.13. The van der Waals surface area contributed by atoms with Gasteiger partial charge in [-0.05, 0) is 62.2 Å². The first-order valence-corrected chi connectivity index (χ1v) is 9.43. The van der Waals surface area contributed by atoms with Gasteiger partial charge in [0.2, 0.25) is 0 Å². The van der Waals surface area contributed by atoms with E-state index in [2.05, 4.69) is 10.4 Å². The number of amides is 1. The second kappa shape index (κ2) is 8.63. The van der Waals surface area contributed by atoms with Crippen LogP contribution in [0.15, 0.2) is 48.7 Å². The van der Waals surface area contributed by atoms with Crippen molar-refractivity contribution in [3.05, 3.63) is 76.6 Å². The summed E-state index contributed by atoms with van der Waals surface area (Å²) in [5, 5.41) is 6.51. The van der Waals surface area contributed by atoms with E-state index in [-0.39, 0.29) is 17.9 Å². The van der Waals surface area contributed by atoms with Crippen LogP contribution in [0.1, 0.15) is 44.5 Å². The summed E-state index contributed by atoms with van der Waals surface area (Å²) < 4.78 is 46.2. The SMILES string of the molecule is CCOC(=O)c1cnn(-c2ccc(C(=O)Nc3cc(C)ccc3C)cc2)c1C(F)(F)F. The molecular formula is C22H20F3N3O3. The highest BCUT2D eigenvalue weighted by atomic mass is 19.4. The molecule has 31 heavy (non-hydrogen) atoms. The van der Waals surface area contributed by atoms with Gasteiger partial charge < -0.3 is 10.1 Å². The number of aryl methyl sites for hydroxylation is 2.